The zero-order valence-corrected chi connectivity index (χ0v) is 9.81. The molecular weight excluding hydrogens is 224 g/mol. The van der Waals surface area contributed by atoms with E-state index in [-0.39, 0.29) is 0 Å². The van der Waals surface area contributed by atoms with Crippen LogP contribution in [0.25, 0.3) is 0 Å². The number of anilines is 2. The van der Waals surface area contributed by atoms with Crippen molar-refractivity contribution in [3.63, 3.8) is 0 Å². The van der Waals surface area contributed by atoms with Crippen LogP contribution in [-0.4, -0.2) is 4.98 Å². The fourth-order valence-corrected chi connectivity index (χ4v) is 1.56. The molecule has 86 valence electrons. The first-order valence-corrected chi connectivity index (χ1v) is 5.36. The molecule has 0 aliphatic carbocycles. The van der Waals surface area contributed by atoms with Crippen molar-refractivity contribution in [3.8, 4) is 12.1 Å². The smallest absolute Gasteiger partial charge is 0.101 e. The molecule has 1 heterocycles. The fourth-order valence-electron chi connectivity index (χ4n) is 1.56. The van der Waals surface area contributed by atoms with Gasteiger partial charge in [-0.1, -0.05) is 6.07 Å². The predicted molar refractivity (Wildman–Crippen MR) is 68.1 cm³/mol. The van der Waals surface area contributed by atoms with Crippen LogP contribution in [0.15, 0.2) is 36.7 Å². The highest BCUT2D eigenvalue weighted by atomic mass is 14.9. The summed E-state index contributed by atoms with van der Waals surface area (Å²) in [6.07, 6.45) is 3.17. The van der Waals surface area contributed by atoms with Crippen molar-refractivity contribution >= 4 is 11.4 Å². The van der Waals surface area contributed by atoms with Crippen LogP contribution in [0.2, 0.25) is 0 Å². The second kappa shape index (κ2) is 4.99. The van der Waals surface area contributed by atoms with E-state index in [0.29, 0.717) is 16.8 Å². The molecule has 1 N–H and O–H groups in total. The molecule has 0 saturated heterocycles. The van der Waals surface area contributed by atoms with E-state index >= 15 is 0 Å². The molecular formula is C14H10N4. The molecule has 0 atom stereocenters. The Kier molecular flexibility index (Phi) is 3.22. The van der Waals surface area contributed by atoms with Crippen molar-refractivity contribution in [1.29, 1.82) is 10.5 Å². The minimum atomic E-state index is 0.520. The van der Waals surface area contributed by atoms with Crippen LogP contribution in [0.4, 0.5) is 11.4 Å². The number of rotatable bonds is 2. The van der Waals surface area contributed by atoms with Gasteiger partial charge in [-0.25, -0.2) is 0 Å². The molecule has 0 aliphatic heterocycles. The summed E-state index contributed by atoms with van der Waals surface area (Å²) in [5, 5.41) is 21.0. The topological polar surface area (TPSA) is 72.5 Å². The number of hydrogen-bond donors (Lipinski definition) is 1. The van der Waals surface area contributed by atoms with Gasteiger partial charge in [-0.15, -0.1) is 0 Å². The molecule has 0 fully saturated rings. The van der Waals surface area contributed by atoms with Crippen molar-refractivity contribution in [2.75, 3.05) is 5.32 Å². The molecule has 18 heavy (non-hydrogen) atoms. The molecule has 0 amide bonds. The lowest BCUT2D eigenvalue weighted by molar-refractivity contribution is 1.29. The quantitative estimate of drug-likeness (QED) is 0.867. The summed E-state index contributed by atoms with van der Waals surface area (Å²) in [5.74, 6) is 0. The minimum absolute atomic E-state index is 0.520. The number of hydrogen-bond acceptors (Lipinski definition) is 4. The Hall–Kier alpha value is -2.85. The van der Waals surface area contributed by atoms with E-state index in [1.807, 2.05) is 13.0 Å². The second-order valence-electron chi connectivity index (χ2n) is 3.80. The SMILES string of the molecule is Cc1ccc(C#N)cc1Nc1cnccc1C#N. The van der Waals surface area contributed by atoms with E-state index < -0.39 is 0 Å². The highest BCUT2D eigenvalue weighted by Gasteiger charge is 2.05. The van der Waals surface area contributed by atoms with E-state index in [1.165, 1.54) is 0 Å². The van der Waals surface area contributed by atoms with Gasteiger partial charge in [-0.2, -0.15) is 10.5 Å². The molecule has 1 aromatic heterocycles. The molecule has 0 saturated carbocycles. The Bertz CT molecular complexity index is 662. The van der Waals surface area contributed by atoms with Crippen LogP contribution in [0.3, 0.4) is 0 Å². The van der Waals surface area contributed by atoms with Gasteiger partial charge in [0.2, 0.25) is 0 Å². The third-order valence-electron chi connectivity index (χ3n) is 2.58. The van der Waals surface area contributed by atoms with Gasteiger partial charge >= 0.3 is 0 Å². The van der Waals surface area contributed by atoms with Crippen LogP contribution in [0.5, 0.6) is 0 Å². The first-order chi connectivity index (χ1) is 8.74. The first-order valence-electron chi connectivity index (χ1n) is 5.36. The van der Waals surface area contributed by atoms with Crippen LogP contribution in [0.1, 0.15) is 16.7 Å². The summed E-state index contributed by atoms with van der Waals surface area (Å²) < 4.78 is 0. The van der Waals surface area contributed by atoms with Crippen LogP contribution < -0.4 is 5.32 Å². The van der Waals surface area contributed by atoms with E-state index in [2.05, 4.69) is 22.4 Å². The van der Waals surface area contributed by atoms with Crippen LogP contribution in [-0.2, 0) is 0 Å². The number of pyridine rings is 1. The zero-order valence-electron chi connectivity index (χ0n) is 9.81. The average molecular weight is 234 g/mol. The number of nitrogens with zero attached hydrogens (tertiary/aromatic N) is 3. The molecule has 0 unspecified atom stereocenters. The molecule has 4 heteroatoms. The fraction of sp³-hybridized carbons (Fsp3) is 0.0714. The first kappa shape index (κ1) is 11.6. The van der Waals surface area contributed by atoms with Gasteiger partial charge in [0.1, 0.15) is 6.07 Å². The van der Waals surface area contributed by atoms with Gasteiger partial charge in [0, 0.05) is 11.9 Å². The van der Waals surface area contributed by atoms with Gasteiger partial charge < -0.3 is 5.32 Å². The maximum absolute atomic E-state index is 9.00. The molecule has 1 aromatic carbocycles. The molecule has 4 nitrogen and oxygen atoms in total. The summed E-state index contributed by atoms with van der Waals surface area (Å²) in [6.45, 7) is 1.94. The molecule has 0 radical (unpaired) electrons. The van der Waals surface area contributed by atoms with Gasteiger partial charge in [0.15, 0.2) is 0 Å². The summed E-state index contributed by atoms with van der Waals surface area (Å²) in [7, 11) is 0. The van der Waals surface area contributed by atoms with Crippen LogP contribution in [0, 0.1) is 29.6 Å². The largest absolute Gasteiger partial charge is 0.353 e. The maximum Gasteiger partial charge on any atom is 0.101 e. The Morgan fingerprint density at radius 1 is 1.11 bits per heavy atom. The third kappa shape index (κ3) is 2.28. The highest BCUT2D eigenvalue weighted by Crippen LogP contribution is 2.23. The standard InChI is InChI=1S/C14H10N4/c1-10-2-3-11(7-15)6-13(10)18-14-9-17-5-4-12(14)8-16/h2-6,9,18H,1H3. The lowest BCUT2D eigenvalue weighted by Gasteiger charge is -2.10. The van der Waals surface area contributed by atoms with E-state index in [1.54, 1.807) is 30.6 Å². The van der Waals surface area contributed by atoms with E-state index in [0.717, 1.165) is 11.3 Å². The summed E-state index contributed by atoms with van der Waals surface area (Å²) in [6, 6.07) is 11.2. The lowest BCUT2D eigenvalue weighted by Crippen LogP contribution is -1.97. The average Bonchev–Trinajstić information content (AvgIpc) is 2.42. The summed E-state index contributed by atoms with van der Waals surface area (Å²) >= 11 is 0. The number of nitriles is 2. The predicted octanol–water partition coefficient (Wildman–Crippen LogP) is 2.88. The van der Waals surface area contributed by atoms with Crippen LogP contribution >= 0.6 is 0 Å². The Morgan fingerprint density at radius 2 is 1.94 bits per heavy atom. The van der Waals surface area contributed by atoms with E-state index in [9.17, 15) is 0 Å². The number of aryl methyl sites for hydroxylation is 1. The zero-order chi connectivity index (χ0) is 13.0. The second-order valence-corrected chi connectivity index (χ2v) is 3.80. The molecule has 2 rings (SSSR count). The highest BCUT2D eigenvalue weighted by molar-refractivity contribution is 5.68. The molecule has 2 aromatic rings. The van der Waals surface area contributed by atoms with Crippen molar-refractivity contribution < 1.29 is 0 Å². The third-order valence-corrected chi connectivity index (χ3v) is 2.58. The van der Waals surface area contributed by atoms with Gasteiger partial charge in [-0.05, 0) is 30.7 Å². The number of aromatic nitrogens is 1. The summed E-state index contributed by atoms with van der Waals surface area (Å²) in [4.78, 5) is 3.98. The van der Waals surface area contributed by atoms with Crippen molar-refractivity contribution in [3.05, 3.63) is 53.3 Å². The normalized spacial score (nSPS) is 9.28. The van der Waals surface area contributed by atoms with Gasteiger partial charge in [0.25, 0.3) is 0 Å². The Morgan fingerprint density at radius 3 is 2.67 bits per heavy atom. The maximum atomic E-state index is 9.00. The van der Waals surface area contributed by atoms with Gasteiger partial charge in [0.05, 0.1) is 29.1 Å². The molecule has 0 bridgehead atoms. The monoisotopic (exact) mass is 234 g/mol. The van der Waals surface area contributed by atoms with Crippen molar-refractivity contribution in [1.82, 2.24) is 4.98 Å². The molecule has 0 aliphatic rings. The van der Waals surface area contributed by atoms with E-state index in [4.69, 9.17) is 10.5 Å². The number of nitrogens with one attached hydrogen (secondary N) is 1. The Labute approximate surface area is 105 Å². The van der Waals surface area contributed by atoms with Crippen molar-refractivity contribution in [2.45, 2.75) is 6.92 Å². The summed E-state index contributed by atoms with van der Waals surface area (Å²) in [5.41, 5.74) is 3.54. The van der Waals surface area contributed by atoms with Gasteiger partial charge in [-0.3, -0.25) is 4.98 Å². The lowest BCUT2D eigenvalue weighted by atomic mass is 10.1. The van der Waals surface area contributed by atoms with Crippen molar-refractivity contribution in [2.24, 2.45) is 0 Å². The molecule has 0 spiro atoms. The Balaban J connectivity index is 2.41. The minimum Gasteiger partial charge on any atom is -0.353 e. The number of benzene rings is 1.